The van der Waals surface area contributed by atoms with Gasteiger partial charge in [-0.05, 0) is 58.3 Å². The number of cyclic esters (lactones) is 1. The minimum absolute atomic E-state index is 0.0264. The SMILES string of the molecule is CC(C)=CCC[C@@H](C)[C@@H]1[C@H](O)C/C(C)=C/C/C=C2/C(=O)OC[C@H]21. The molecule has 1 aliphatic carbocycles. The summed E-state index contributed by atoms with van der Waals surface area (Å²) >= 11 is 0. The molecule has 0 amide bonds. The Balaban J connectivity index is 2.23. The van der Waals surface area contributed by atoms with Crippen molar-refractivity contribution >= 4 is 5.97 Å². The summed E-state index contributed by atoms with van der Waals surface area (Å²) in [6.45, 7) is 8.89. The summed E-state index contributed by atoms with van der Waals surface area (Å²) in [4.78, 5) is 12.0. The van der Waals surface area contributed by atoms with Crippen LogP contribution in [0.5, 0.6) is 0 Å². The van der Waals surface area contributed by atoms with Crippen LogP contribution in [0.3, 0.4) is 0 Å². The first-order valence-electron chi connectivity index (χ1n) is 8.74. The van der Waals surface area contributed by atoms with E-state index in [4.69, 9.17) is 4.74 Å². The molecule has 1 N–H and O–H groups in total. The second-order valence-corrected chi connectivity index (χ2v) is 7.34. The maximum atomic E-state index is 12.0. The van der Waals surface area contributed by atoms with Gasteiger partial charge >= 0.3 is 5.97 Å². The molecule has 0 aromatic heterocycles. The molecule has 4 atom stereocenters. The van der Waals surface area contributed by atoms with Gasteiger partial charge in [0, 0.05) is 11.5 Å². The Morgan fingerprint density at radius 2 is 2.17 bits per heavy atom. The van der Waals surface area contributed by atoms with Gasteiger partial charge in [-0.3, -0.25) is 0 Å². The molecule has 0 aromatic carbocycles. The molecule has 2 aliphatic rings. The lowest BCUT2D eigenvalue weighted by molar-refractivity contribution is -0.135. The van der Waals surface area contributed by atoms with E-state index in [1.807, 2.05) is 6.08 Å². The average Bonchev–Trinajstić information content (AvgIpc) is 2.82. The Morgan fingerprint density at radius 1 is 1.43 bits per heavy atom. The van der Waals surface area contributed by atoms with E-state index < -0.39 is 6.10 Å². The number of hydrogen-bond donors (Lipinski definition) is 1. The number of aliphatic hydroxyl groups is 1. The summed E-state index contributed by atoms with van der Waals surface area (Å²) in [5.41, 5.74) is 3.30. The third-order valence-electron chi connectivity index (χ3n) is 5.10. The predicted molar refractivity (Wildman–Crippen MR) is 92.8 cm³/mol. The van der Waals surface area contributed by atoms with Crippen molar-refractivity contribution in [2.24, 2.45) is 17.8 Å². The summed E-state index contributed by atoms with van der Waals surface area (Å²) in [7, 11) is 0. The average molecular weight is 318 g/mol. The summed E-state index contributed by atoms with van der Waals surface area (Å²) in [6, 6.07) is 0. The number of carbonyl (C=O) groups is 1. The zero-order valence-corrected chi connectivity index (χ0v) is 14.8. The first-order valence-corrected chi connectivity index (χ1v) is 8.74. The number of carbonyl (C=O) groups excluding carboxylic acids is 1. The topological polar surface area (TPSA) is 46.5 Å². The van der Waals surface area contributed by atoms with Crippen molar-refractivity contribution in [3.8, 4) is 0 Å². The fraction of sp³-hybridized carbons (Fsp3) is 0.650. The van der Waals surface area contributed by atoms with Crippen molar-refractivity contribution in [2.45, 2.75) is 59.5 Å². The van der Waals surface area contributed by atoms with E-state index >= 15 is 0 Å². The second kappa shape index (κ2) is 7.96. The molecule has 0 aromatic rings. The number of allylic oxidation sites excluding steroid dienone is 4. The highest BCUT2D eigenvalue weighted by Gasteiger charge is 2.41. The van der Waals surface area contributed by atoms with Crippen LogP contribution in [0.25, 0.3) is 0 Å². The van der Waals surface area contributed by atoms with Gasteiger partial charge in [-0.1, -0.05) is 36.3 Å². The van der Waals surface area contributed by atoms with Crippen molar-refractivity contribution in [3.63, 3.8) is 0 Å². The molecule has 23 heavy (non-hydrogen) atoms. The van der Waals surface area contributed by atoms with Gasteiger partial charge in [0.2, 0.25) is 0 Å². The predicted octanol–water partition coefficient (Wildman–Crippen LogP) is 4.19. The van der Waals surface area contributed by atoms with Gasteiger partial charge in [0.05, 0.1) is 12.7 Å². The fourth-order valence-corrected chi connectivity index (χ4v) is 3.85. The van der Waals surface area contributed by atoms with Crippen LogP contribution in [0.1, 0.15) is 53.4 Å². The van der Waals surface area contributed by atoms with Crippen molar-refractivity contribution in [1.29, 1.82) is 0 Å². The molecule has 1 heterocycles. The van der Waals surface area contributed by atoms with Crippen molar-refractivity contribution in [2.75, 3.05) is 6.61 Å². The van der Waals surface area contributed by atoms with Crippen LogP contribution >= 0.6 is 0 Å². The zero-order valence-electron chi connectivity index (χ0n) is 14.8. The molecular weight excluding hydrogens is 288 g/mol. The molecular formula is C20H30O3. The Hall–Kier alpha value is -1.35. The molecule has 0 unspecified atom stereocenters. The molecule has 0 spiro atoms. The second-order valence-electron chi connectivity index (χ2n) is 7.34. The Morgan fingerprint density at radius 3 is 2.87 bits per heavy atom. The van der Waals surface area contributed by atoms with Gasteiger partial charge < -0.3 is 9.84 Å². The van der Waals surface area contributed by atoms with Crippen LogP contribution in [-0.4, -0.2) is 23.8 Å². The van der Waals surface area contributed by atoms with Crippen molar-refractivity contribution in [1.82, 2.24) is 0 Å². The highest BCUT2D eigenvalue weighted by atomic mass is 16.5. The minimum atomic E-state index is -0.422. The van der Waals surface area contributed by atoms with Gasteiger partial charge in [-0.2, -0.15) is 0 Å². The van der Waals surface area contributed by atoms with E-state index in [-0.39, 0.29) is 17.8 Å². The number of fused-ring (bicyclic) bond motifs is 1. The van der Waals surface area contributed by atoms with E-state index in [1.54, 1.807) is 0 Å². The van der Waals surface area contributed by atoms with Crippen LogP contribution in [0.2, 0.25) is 0 Å². The first-order chi connectivity index (χ1) is 10.9. The highest BCUT2D eigenvalue weighted by molar-refractivity contribution is 5.91. The molecule has 1 aliphatic heterocycles. The molecule has 2 rings (SSSR count). The van der Waals surface area contributed by atoms with Crippen molar-refractivity contribution < 1.29 is 14.6 Å². The zero-order chi connectivity index (χ0) is 17.0. The van der Waals surface area contributed by atoms with Crippen LogP contribution in [0, 0.1) is 17.8 Å². The normalized spacial score (nSPS) is 33.8. The summed E-state index contributed by atoms with van der Waals surface area (Å²) < 4.78 is 5.30. The first kappa shape index (κ1) is 18.0. The smallest absolute Gasteiger partial charge is 0.334 e. The Kier molecular flexibility index (Phi) is 6.23. The minimum Gasteiger partial charge on any atom is -0.462 e. The van der Waals surface area contributed by atoms with Gasteiger partial charge in [-0.25, -0.2) is 4.79 Å². The molecule has 1 fully saturated rings. The van der Waals surface area contributed by atoms with Gasteiger partial charge in [0.15, 0.2) is 0 Å². The van der Waals surface area contributed by atoms with Gasteiger partial charge in [0.25, 0.3) is 0 Å². The van der Waals surface area contributed by atoms with Crippen LogP contribution in [0.15, 0.2) is 34.9 Å². The fourth-order valence-electron chi connectivity index (χ4n) is 3.85. The molecule has 0 radical (unpaired) electrons. The standard InChI is InChI=1S/C20H30O3/c1-13(2)7-5-9-15(4)19-17-12-23-20(22)16(17)10-6-8-14(3)11-18(19)21/h7-8,10,15,17-19,21H,5-6,9,11-12H2,1-4H3/b14-8+,16-10+/t15-,17-,18-,19+/m1/s1. The number of rotatable bonds is 4. The van der Waals surface area contributed by atoms with E-state index in [0.29, 0.717) is 18.9 Å². The third kappa shape index (κ3) is 4.57. The van der Waals surface area contributed by atoms with Crippen LogP contribution < -0.4 is 0 Å². The molecule has 128 valence electrons. The molecule has 1 saturated heterocycles. The number of esters is 1. The van der Waals surface area contributed by atoms with E-state index in [2.05, 4.69) is 39.8 Å². The highest BCUT2D eigenvalue weighted by Crippen LogP contribution is 2.39. The lowest BCUT2D eigenvalue weighted by Gasteiger charge is -2.32. The maximum absolute atomic E-state index is 12.0. The summed E-state index contributed by atoms with van der Waals surface area (Å²) in [5.74, 6) is 0.240. The summed E-state index contributed by atoms with van der Waals surface area (Å²) in [5, 5.41) is 10.8. The number of hydrogen-bond acceptors (Lipinski definition) is 3. The Labute approximate surface area is 140 Å². The monoisotopic (exact) mass is 318 g/mol. The van der Waals surface area contributed by atoms with Crippen LogP contribution in [0.4, 0.5) is 0 Å². The lowest BCUT2D eigenvalue weighted by Crippen LogP contribution is -2.34. The van der Waals surface area contributed by atoms with E-state index in [0.717, 1.165) is 24.8 Å². The number of aliphatic hydroxyl groups excluding tert-OH is 1. The molecule has 0 saturated carbocycles. The van der Waals surface area contributed by atoms with Gasteiger partial charge in [0.1, 0.15) is 0 Å². The molecule has 3 nitrogen and oxygen atoms in total. The van der Waals surface area contributed by atoms with E-state index in [9.17, 15) is 9.90 Å². The lowest BCUT2D eigenvalue weighted by atomic mass is 9.73. The quantitative estimate of drug-likeness (QED) is 0.624. The molecule has 0 bridgehead atoms. The largest absolute Gasteiger partial charge is 0.462 e. The summed E-state index contributed by atoms with van der Waals surface area (Å²) in [6.07, 6.45) is 9.40. The number of ether oxygens (including phenoxy) is 1. The third-order valence-corrected chi connectivity index (χ3v) is 5.10. The van der Waals surface area contributed by atoms with Crippen LogP contribution in [-0.2, 0) is 9.53 Å². The Bertz CT molecular complexity index is 523. The van der Waals surface area contributed by atoms with Gasteiger partial charge in [-0.15, -0.1) is 0 Å². The van der Waals surface area contributed by atoms with E-state index in [1.165, 1.54) is 11.1 Å². The van der Waals surface area contributed by atoms with Crippen molar-refractivity contribution in [3.05, 3.63) is 34.9 Å². The maximum Gasteiger partial charge on any atom is 0.334 e. The molecule has 3 heteroatoms.